The Kier molecular flexibility index (Phi) is 10.5. The number of hydrogen-bond acceptors (Lipinski definition) is 5. The minimum absolute atomic E-state index is 0.213. The maximum atomic E-state index is 13.1. The standard InChI is InChI=1S/C25H33ClN2O5/c1-16(2)14-21(28-24(29)18-6-9-20(26)10-7-18)25(30)27-17(3)19-8-11-22(23(15-19)32-5)33-13-12-31-4/h6-11,15-17,21H,12-14H2,1-5H3,(H,27,30)(H,28,29). The largest absolute Gasteiger partial charge is 0.493 e. The van der Waals surface area contributed by atoms with Crippen LogP contribution in [0.15, 0.2) is 42.5 Å². The van der Waals surface area contributed by atoms with E-state index < -0.39 is 6.04 Å². The zero-order valence-corrected chi connectivity index (χ0v) is 20.6. The van der Waals surface area contributed by atoms with Gasteiger partial charge in [-0.1, -0.05) is 31.5 Å². The van der Waals surface area contributed by atoms with E-state index in [2.05, 4.69) is 10.6 Å². The van der Waals surface area contributed by atoms with Crippen molar-refractivity contribution in [3.8, 4) is 11.5 Å². The first-order chi connectivity index (χ1) is 15.7. The minimum atomic E-state index is -0.672. The zero-order chi connectivity index (χ0) is 24.4. The summed E-state index contributed by atoms with van der Waals surface area (Å²) in [7, 11) is 3.18. The van der Waals surface area contributed by atoms with Crippen LogP contribution in [0.5, 0.6) is 11.5 Å². The fraction of sp³-hybridized carbons (Fsp3) is 0.440. The fourth-order valence-electron chi connectivity index (χ4n) is 3.25. The molecule has 2 rings (SSSR count). The molecule has 0 radical (unpaired) electrons. The molecule has 0 heterocycles. The van der Waals surface area contributed by atoms with Crippen molar-refractivity contribution in [3.05, 3.63) is 58.6 Å². The molecule has 0 aliphatic heterocycles. The summed E-state index contributed by atoms with van der Waals surface area (Å²) in [6.07, 6.45) is 0.507. The highest BCUT2D eigenvalue weighted by molar-refractivity contribution is 6.30. The Balaban J connectivity index is 2.09. The van der Waals surface area contributed by atoms with Crippen LogP contribution in [0.2, 0.25) is 5.02 Å². The van der Waals surface area contributed by atoms with Crippen LogP contribution in [0, 0.1) is 5.92 Å². The van der Waals surface area contributed by atoms with Gasteiger partial charge < -0.3 is 24.8 Å². The van der Waals surface area contributed by atoms with Crippen LogP contribution in [-0.4, -0.2) is 45.3 Å². The molecule has 2 aromatic rings. The first kappa shape index (κ1) is 26.5. The van der Waals surface area contributed by atoms with E-state index >= 15 is 0 Å². The molecule has 0 aliphatic carbocycles. The lowest BCUT2D eigenvalue weighted by molar-refractivity contribution is -0.124. The van der Waals surface area contributed by atoms with Crippen LogP contribution >= 0.6 is 11.6 Å². The number of ether oxygens (including phenoxy) is 3. The number of carbonyl (C=O) groups is 2. The fourth-order valence-corrected chi connectivity index (χ4v) is 3.38. The van der Waals surface area contributed by atoms with Gasteiger partial charge in [0.25, 0.3) is 5.91 Å². The normalized spacial score (nSPS) is 12.7. The number of amides is 2. The van der Waals surface area contributed by atoms with Crippen molar-refractivity contribution in [2.45, 2.75) is 39.3 Å². The monoisotopic (exact) mass is 476 g/mol. The SMILES string of the molecule is COCCOc1ccc(C(C)NC(=O)C(CC(C)C)NC(=O)c2ccc(Cl)cc2)cc1OC. The van der Waals surface area contributed by atoms with Crippen molar-refractivity contribution >= 4 is 23.4 Å². The molecule has 2 amide bonds. The molecule has 0 spiro atoms. The van der Waals surface area contributed by atoms with Crippen LogP contribution in [0.25, 0.3) is 0 Å². The third-order valence-electron chi connectivity index (χ3n) is 5.03. The van der Waals surface area contributed by atoms with Gasteiger partial charge in [-0.2, -0.15) is 0 Å². The third-order valence-corrected chi connectivity index (χ3v) is 5.28. The van der Waals surface area contributed by atoms with Crippen molar-refractivity contribution in [2.75, 3.05) is 27.4 Å². The van der Waals surface area contributed by atoms with Gasteiger partial charge in [-0.25, -0.2) is 0 Å². The van der Waals surface area contributed by atoms with Crippen LogP contribution in [-0.2, 0) is 9.53 Å². The molecule has 0 aliphatic rings. The second-order valence-electron chi connectivity index (χ2n) is 8.14. The predicted molar refractivity (Wildman–Crippen MR) is 129 cm³/mol. The summed E-state index contributed by atoms with van der Waals surface area (Å²) in [6, 6.07) is 11.1. The highest BCUT2D eigenvalue weighted by Crippen LogP contribution is 2.30. The summed E-state index contributed by atoms with van der Waals surface area (Å²) in [5.74, 6) is 0.812. The highest BCUT2D eigenvalue weighted by atomic mass is 35.5. The van der Waals surface area contributed by atoms with Gasteiger partial charge in [0.15, 0.2) is 11.5 Å². The highest BCUT2D eigenvalue weighted by Gasteiger charge is 2.24. The molecule has 180 valence electrons. The average molecular weight is 477 g/mol. The van der Waals surface area contributed by atoms with Crippen molar-refractivity contribution in [1.29, 1.82) is 0 Å². The first-order valence-electron chi connectivity index (χ1n) is 10.9. The minimum Gasteiger partial charge on any atom is -0.493 e. The van der Waals surface area contributed by atoms with Crippen molar-refractivity contribution in [3.63, 3.8) is 0 Å². The summed E-state index contributed by atoms with van der Waals surface area (Å²) < 4.78 is 16.1. The topological polar surface area (TPSA) is 85.9 Å². The predicted octanol–water partition coefficient (Wildman–Crippen LogP) is 4.40. The number of rotatable bonds is 12. The molecule has 2 N–H and O–H groups in total. The van der Waals surface area contributed by atoms with Gasteiger partial charge in [0, 0.05) is 17.7 Å². The van der Waals surface area contributed by atoms with Gasteiger partial charge in [0.1, 0.15) is 12.6 Å². The number of benzene rings is 2. The van der Waals surface area contributed by atoms with E-state index in [0.29, 0.717) is 41.7 Å². The smallest absolute Gasteiger partial charge is 0.251 e. The molecule has 0 saturated carbocycles. The maximum Gasteiger partial charge on any atom is 0.251 e. The van der Waals surface area contributed by atoms with Gasteiger partial charge in [-0.05, 0) is 61.2 Å². The summed E-state index contributed by atoms with van der Waals surface area (Å²) >= 11 is 5.90. The number of hydrogen-bond donors (Lipinski definition) is 2. The molecule has 0 bridgehead atoms. The molecule has 2 aromatic carbocycles. The average Bonchev–Trinajstić information content (AvgIpc) is 2.78. The Bertz CT molecular complexity index is 918. The van der Waals surface area contributed by atoms with E-state index in [1.54, 1.807) is 44.6 Å². The van der Waals surface area contributed by atoms with Gasteiger partial charge >= 0.3 is 0 Å². The van der Waals surface area contributed by atoms with E-state index in [4.69, 9.17) is 25.8 Å². The van der Waals surface area contributed by atoms with Crippen LogP contribution < -0.4 is 20.1 Å². The van der Waals surface area contributed by atoms with Gasteiger partial charge in [-0.3, -0.25) is 9.59 Å². The molecule has 0 fully saturated rings. The summed E-state index contributed by atoms with van der Waals surface area (Å²) in [6.45, 7) is 6.77. The Morgan fingerprint density at radius 2 is 1.64 bits per heavy atom. The second-order valence-corrected chi connectivity index (χ2v) is 8.58. The van der Waals surface area contributed by atoms with Gasteiger partial charge in [-0.15, -0.1) is 0 Å². The summed E-state index contributed by atoms with van der Waals surface area (Å²) in [4.78, 5) is 25.7. The molecular weight excluding hydrogens is 444 g/mol. The van der Waals surface area contributed by atoms with E-state index in [-0.39, 0.29) is 23.8 Å². The van der Waals surface area contributed by atoms with Crippen molar-refractivity contribution < 1.29 is 23.8 Å². The third kappa shape index (κ3) is 8.26. The van der Waals surface area contributed by atoms with Gasteiger partial charge in [0.2, 0.25) is 5.91 Å². The lowest BCUT2D eigenvalue weighted by atomic mass is 10.0. The quantitative estimate of drug-likeness (QED) is 0.443. The number of carbonyl (C=O) groups excluding carboxylic acids is 2. The van der Waals surface area contributed by atoms with E-state index in [0.717, 1.165) is 5.56 Å². The van der Waals surface area contributed by atoms with Crippen LogP contribution in [0.4, 0.5) is 0 Å². The Hall–Kier alpha value is -2.77. The molecule has 0 aromatic heterocycles. The second kappa shape index (κ2) is 13.1. The van der Waals surface area contributed by atoms with E-state index in [9.17, 15) is 9.59 Å². The lowest BCUT2D eigenvalue weighted by Gasteiger charge is -2.23. The van der Waals surface area contributed by atoms with Gasteiger partial charge in [0.05, 0.1) is 19.8 Å². The molecular formula is C25H33ClN2O5. The number of methoxy groups -OCH3 is 2. The summed E-state index contributed by atoms with van der Waals surface area (Å²) in [5, 5.41) is 6.39. The van der Waals surface area contributed by atoms with Crippen molar-refractivity contribution in [1.82, 2.24) is 10.6 Å². The Morgan fingerprint density at radius 1 is 0.939 bits per heavy atom. The first-order valence-corrected chi connectivity index (χ1v) is 11.3. The number of halogens is 1. The molecule has 7 nitrogen and oxygen atoms in total. The van der Waals surface area contributed by atoms with Crippen LogP contribution in [0.1, 0.15) is 49.2 Å². The molecule has 2 unspecified atom stereocenters. The maximum absolute atomic E-state index is 13.1. The van der Waals surface area contributed by atoms with Crippen molar-refractivity contribution in [2.24, 2.45) is 5.92 Å². The molecule has 33 heavy (non-hydrogen) atoms. The summed E-state index contributed by atoms with van der Waals surface area (Å²) in [5.41, 5.74) is 1.30. The van der Waals surface area contributed by atoms with E-state index in [1.807, 2.05) is 32.9 Å². The molecule has 8 heteroatoms. The molecule has 2 atom stereocenters. The van der Waals surface area contributed by atoms with E-state index in [1.165, 1.54) is 0 Å². The lowest BCUT2D eigenvalue weighted by Crippen LogP contribution is -2.48. The zero-order valence-electron chi connectivity index (χ0n) is 19.8. The Morgan fingerprint density at radius 3 is 2.24 bits per heavy atom. The molecule has 0 saturated heterocycles. The Labute approximate surface area is 200 Å². The van der Waals surface area contributed by atoms with Crippen LogP contribution in [0.3, 0.4) is 0 Å². The number of nitrogens with one attached hydrogen (secondary N) is 2.